The number of hydrogen-bond acceptors (Lipinski definition) is 4. The Morgan fingerprint density at radius 2 is 1.56 bits per heavy atom. The Balaban J connectivity index is 1.86. The predicted molar refractivity (Wildman–Crippen MR) is 117 cm³/mol. The molecule has 1 atom stereocenters. The molecule has 3 aromatic rings. The minimum atomic E-state index is -0.960. The molecule has 0 spiro atoms. The van der Waals surface area contributed by atoms with Crippen LogP contribution in [0.3, 0.4) is 0 Å². The second-order valence-corrected chi connectivity index (χ2v) is 7.25. The summed E-state index contributed by atoms with van der Waals surface area (Å²) in [6.07, 6.45) is 0. The van der Waals surface area contributed by atoms with Gasteiger partial charge < -0.3 is 19.1 Å². The summed E-state index contributed by atoms with van der Waals surface area (Å²) in [5.41, 5.74) is 1.75. The van der Waals surface area contributed by atoms with Gasteiger partial charge in [0.2, 0.25) is 5.75 Å². The van der Waals surface area contributed by atoms with Gasteiger partial charge in [0.1, 0.15) is 6.61 Å². The molecule has 0 radical (unpaired) electrons. The van der Waals surface area contributed by atoms with E-state index in [4.69, 9.17) is 14.2 Å². The summed E-state index contributed by atoms with van der Waals surface area (Å²) < 4.78 is 43.7. The van der Waals surface area contributed by atoms with Gasteiger partial charge in [-0.2, -0.15) is 0 Å². The van der Waals surface area contributed by atoms with Gasteiger partial charge in [0.15, 0.2) is 23.1 Å². The Hall–Kier alpha value is -3.61. The summed E-state index contributed by atoms with van der Waals surface area (Å²) in [6.45, 7) is 2.03. The lowest BCUT2D eigenvalue weighted by Gasteiger charge is -2.26. The molecule has 0 aliphatic heterocycles. The highest BCUT2D eigenvalue weighted by Crippen LogP contribution is 2.39. The summed E-state index contributed by atoms with van der Waals surface area (Å²) >= 11 is 0. The van der Waals surface area contributed by atoms with Gasteiger partial charge >= 0.3 is 0 Å². The molecular weight excluding hydrogens is 416 g/mol. The first-order valence-electron chi connectivity index (χ1n) is 10.0. The Labute approximate surface area is 186 Å². The van der Waals surface area contributed by atoms with Gasteiger partial charge in [-0.25, -0.2) is 8.78 Å². The Bertz CT molecular complexity index is 1060. The molecule has 0 saturated heterocycles. The number of halogens is 2. The number of amides is 1. The first-order chi connectivity index (χ1) is 15.3. The molecule has 0 fully saturated rings. The van der Waals surface area contributed by atoms with Crippen LogP contribution in [0.2, 0.25) is 0 Å². The Morgan fingerprint density at radius 3 is 2.12 bits per heavy atom. The van der Waals surface area contributed by atoms with Crippen LogP contribution < -0.4 is 14.2 Å². The van der Waals surface area contributed by atoms with Crippen molar-refractivity contribution in [1.29, 1.82) is 0 Å². The highest BCUT2D eigenvalue weighted by Gasteiger charge is 2.24. The normalized spacial score (nSPS) is 11.6. The van der Waals surface area contributed by atoms with E-state index in [0.29, 0.717) is 35.0 Å². The second-order valence-electron chi connectivity index (χ2n) is 7.25. The number of carbonyl (C=O) groups is 1. The van der Waals surface area contributed by atoms with Crippen molar-refractivity contribution in [3.63, 3.8) is 0 Å². The average Bonchev–Trinajstić information content (AvgIpc) is 2.83. The first kappa shape index (κ1) is 23.1. The van der Waals surface area contributed by atoms with Gasteiger partial charge in [-0.1, -0.05) is 36.4 Å². The van der Waals surface area contributed by atoms with Gasteiger partial charge in [-0.3, -0.25) is 4.79 Å². The summed E-state index contributed by atoms with van der Waals surface area (Å²) in [7, 11) is 4.55. The van der Waals surface area contributed by atoms with Crippen LogP contribution in [0.15, 0.2) is 60.7 Å². The van der Waals surface area contributed by atoms with Crippen LogP contribution in [0, 0.1) is 11.6 Å². The molecule has 32 heavy (non-hydrogen) atoms. The number of carbonyl (C=O) groups excluding carboxylic acids is 1. The lowest BCUT2D eigenvalue weighted by atomic mass is 10.1. The molecule has 0 saturated carbocycles. The maximum absolute atomic E-state index is 13.6. The SMILES string of the molecule is COc1cc(C(=O)N(C)C(C)c2ccc(F)c(F)c2)cc(OC)c1OCc1ccccc1. The third-order valence-corrected chi connectivity index (χ3v) is 5.26. The third kappa shape index (κ3) is 4.99. The molecule has 7 heteroatoms. The first-order valence-corrected chi connectivity index (χ1v) is 10.0. The monoisotopic (exact) mass is 441 g/mol. The van der Waals surface area contributed by atoms with Gasteiger partial charge in [-0.05, 0) is 42.3 Å². The molecule has 0 N–H and O–H groups in total. The Morgan fingerprint density at radius 1 is 0.938 bits per heavy atom. The summed E-state index contributed by atoms with van der Waals surface area (Å²) in [6, 6.07) is 15.9. The number of rotatable bonds is 8. The zero-order valence-electron chi connectivity index (χ0n) is 18.4. The molecule has 0 aromatic heterocycles. The van der Waals surface area contributed by atoms with Crippen LogP contribution in [0.4, 0.5) is 8.78 Å². The molecule has 168 valence electrons. The highest BCUT2D eigenvalue weighted by atomic mass is 19.2. The van der Waals surface area contributed by atoms with Gasteiger partial charge in [-0.15, -0.1) is 0 Å². The number of benzene rings is 3. The zero-order chi connectivity index (χ0) is 23.3. The van der Waals surface area contributed by atoms with Crippen molar-refractivity contribution in [2.45, 2.75) is 19.6 Å². The van der Waals surface area contributed by atoms with Crippen molar-refractivity contribution >= 4 is 5.91 Å². The predicted octanol–water partition coefficient (Wildman–Crippen LogP) is 5.39. The van der Waals surface area contributed by atoms with Crippen molar-refractivity contribution in [2.75, 3.05) is 21.3 Å². The molecule has 0 heterocycles. The minimum Gasteiger partial charge on any atom is -0.493 e. The van der Waals surface area contributed by atoms with Crippen LogP contribution in [0.25, 0.3) is 0 Å². The molecule has 3 aromatic carbocycles. The molecule has 0 bridgehead atoms. The van der Waals surface area contributed by atoms with Crippen LogP contribution in [0.5, 0.6) is 17.2 Å². The van der Waals surface area contributed by atoms with E-state index in [2.05, 4.69) is 0 Å². The topological polar surface area (TPSA) is 48.0 Å². The lowest BCUT2D eigenvalue weighted by Crippen LogP contribution is -2.29. The van der Waals surface area contributed by atoms with Crippen LogP contribution >= 0.6 is 0 Å². The molecule has 1 amide bonds. The van der Waals surface area contributed by atoms with Crippen LogP contribution in [-0.4, -0.2) is 32.1 Å². The zero-order valence-corrected chi connectivity index (χ0v) is 18.4. The molecule has 0 aliphatic rings. The molecular formula is C25H25F2NO4. The maximum Gasteiger partial charge on any atom is 0.254 e. The highest BCUT2D eigenvalue weighted by molar-refractivity contribution is 5.95. The van der Waals surface area contributed by atoms with E-state index in [0.717, 1.165) is 17.7 Å². The van der Waals surface area contributed by atoms with E-state index in [1.54, 1.807) is 26.1 Å². The van der Waals surface area contributed by atoms with E-state index in [1.165, 1.54) is 25.2 Å². The number of nitrogens with zero attached hydrogens (tertiary/aromatic N) is 1. The van der Waals surface area contributed by atoms with E-state index in [1.807, 2.05) is 30.3 Å². The Kier molecular flexibility index (Phi) is 7.30. The second kappa shape index (κ2) is 10.1. The fourth-order valence-corrected chi connectivity index (χ4v) is 3.25. The van der Waals surface area contributed by atoms with Gasteiger partial charge in [0.25, 0.3) is 5.91 Å². The van der Waals surface area contributed by atoms with E-state index >= 15 is 0 Å². The van der Waals surface area contributed by atoms with Crippen LogP contribution in [-0.2, 0) is 6.61 Å². The number of hydrogen-bond donors (Lipinski definition) is 0. The number of ether oxygens (including phenoxy) is 3. The van der Waals surface area contributed by atoms with Crippen molar-refractivity contribution in [1.82, 2.24) is 4.90 Å². The van der Waals surface area contributed by atoms with Crippen molar-refractivity contribution in [3.8, 4) is 17.2 Å². The van der Waals surface area contributed by atoms with Crippen molar-refractivity contribution in [3.05, 3.63) is 89.0 Å². The standard InChI is InChI=1S/C25H25F2NO4/c1-16(18-10-11-20(26)21(27)12-18)28(2)25(29)19-13-22(30-3)24(23(14-19)31-4)32-15-17-8-6-5-7-9-17/h5-14,16H,15H2,1-4H3. The molecule has 3 rings (SSSR count). The third-order valence-electron chi connectivity index (χ3n) is 5.26. The summed E-state index contributed by atoms with van der Waals surface area (Å²) in [4.78, 5) is 14.6. The molecule has 0 aliphatic carbocycles. The summed E-state index contributed by atoms with van der Waals surface area (Å²) in [5.74, 6) is -1.16. The fourth-order valence-electron chi connectivity index (χ4n) is 3.25. The van der Waals surface area contributed by atoms with Crippen LogP contribution in [0.1, 0.15) is 34.5 Å². The smallest absolute Gasteiger partial charge is 0.254 e. The quantitative estimate of drug-likeness (QED) is 0.470. The maximum atomic E-state index is 13.6. The summed E-state index contributed by atoms with van der Waals surface area (Å²) in [5, 5.41) is 0. The largest absolute Gasteiger partial charge is 0.493 e. The van der Waals surface area contributed by atoms with Gasteiger partial charge in [0.05, 0.1) is 20.3 Å². The molecule has 1 unspecified atom stereocenters. The lowest BCUT2D eigenvalue weighted by molar-refractivity contribution is 0.0741. The molecule has 5 nitrogen and oxygen atoms in total. The fraction of sp³-hybridized carbons (Fsp3) is 0.240. The van der Waals surface area contributed by atoms with E-state index < -0.39 is 17.7 Å². The number of methoxy groups -OCH3 is 2. The minimum absolute atomic E-state index is 0.300. The van der Waals surface area contributed by atoms with E-state index in [-0.39, 0.29) is 5.91 Å². The van der Waals surface area contributed by atoms with Gasteiger partial charge in [0, 0.05) is 12.6 Å². The average molecular weight is 441 g/mol. The van der Waals surface area contributed by atoms with E-state index in [9.17, 15) is 13.6 Å². The van der Waals surface area contributed by atoms with Crippen molar-refractivity contribution in [2.24, 2.45) is 0 Å². The van der Waals surface area contributed by atoms with Crippen molar-refractivity contribution < 1.29 is 27.8 Å².